The van der Waals surface area contributed by atoms with E-state index in [1.54, 1.807) is 11.0 Å². The number of urea groups is 1. The summed E-state index contributed by atoms with van der Waals surface area (Å²) in [4.78, 5) is 18.7. The van der Waals surface area contributed by atoms with Crippen LogP contribution in [0.25, 0.3) is 21.9 Å². The predicted molar refractivity (Wildman–Crippen MR) is 143 cm³/mol. The first kappa shape index (κ1) is 26.2. The van der Waals surface area contributed by atoms with Gasteiger partial charge in [-0.05, 0) is 52.3 Å². The van der Waals surface area contributed by atoms with Gasteiger partial charge in [0.15, 0.2) is 5.52 Å². The summed E-state index contributed by atoms with van der Waals surface area (Å²) in [5.41, 5.74) is 7.99. The van der Waals surface area contributed by atoms with Gasteiger partial charge in [-0.1, -0.05) is 30.3 Å². The molecule has 2 amide bonds. The van der Waals surface area contributed by atoms with Crippen molar-refractivity contribution in [3.05, 3.63) is 71.3 Å². The minimum Gasteiger partial charge on any atom is -0.618 e. The normalized spacial score (nSPS) is 11.9. The maximum atomic E-state index is 13.0. The van der Waals surface area contributed by atoms with Crippen molar-refractivity contribution in [1.29, 1.82) is 0 Å². The standard InChI is InChI=1S/C28H35N5O4/c1-6-36-17-25-30-23-15-32(35)24-14-21(37-16-20-10-8-7-9-11-20)12-13-22(24)26(23)31(25)18-28(4,5)33(19(2)3)27(29)34/h7-15,19H,6,16-18H2,1-5H3,(H2,29,34). The fraction of sp³-hybridized carbons (Fsp3) is 0.393. The largest absolute Gasteiger partial charge is 0.618 e. The van der Waals surface area contributed by atoms with E-state index in [4.69, 9.17) is 20.2 Å². The monoisotopic (exact) mass is 505 g/mol. The Morgan fingerprint density at radius 2 is 1.92 bits per heavy atom. The van der Waals surface area contributed by atoms with Crippen LogP contribution in [0.1, 0.15) is 46.0 Å². The summed E-state index contributed by atoms with van der Waals surface area (Å²) in [6, 6.07) is 14.8. The van der Waals surface area contributed by atoms with Gasteiger partial charge in [0.05, 0.1) is 22.5 Å². The molecule has 0 radical (unpaired) electrons. The molecule has 2 N–H and O–H groups in total. The van der Waals surface area contributed by atoms with E-state index in [2.05, 4.69) is 0 Å². The van der Waals surface area contributed by atoms with E-state index in [1.165, 1.54) is 6.20 Å². The maximum Gasteiger partial charge on any atom is 0.315 e. The summed E-state index contributed by atoms with van der Waals surface area (Å²) < 4.78 is 14.5. The van der Waals surface area contributed by atoms with E-state index >= 15 is 0 Å². The molecule has 0 atom stereocenters. The van der Waals surface area contributed by atoms with Gasteiger partial charge in [0.25, 0.3) is 0 Å². The molecule has 196 valence electrons. The number of carbonyl (C=O) groups excluding carboxylic acids is 1. The van der Waals surface area contributed by atoms with Gasteiger partial charge >= 0.3 is 6.03 Å². The smallest absolute Gasteiger partial charge is 0.315 e. The van der Waals surface area contributed by atoms with Crippen LogP contribution >= 0.6 is 0 Å². The molecule has 4 aromatic rings. The summed E-state index contributed by atoms with van der Waals surface area (Å²) in [5, 5.41) is 13.8. The highest BCUT2D eigenvalue weighted by Crippen LogP contribution is 2.30. The summed E-state index contributed by atoms with van der Waals surface area (Å²) in [6.07, 6.45) is 1.48. The zero-order chi connectivity index (χ0) is 26.7. The van der Waals surface area contributed by atoms with Crippen LogP contribution in [0.5, 0.6) is 5.75 Å². The summed E-state index contributed by atoms with van der Waals surface area (Å²) in [7, 11) is 0. The number of pyridine rings is 1. The number of nitrogens with zero attached hydrogens (tertiary/aromatic N) is 4. The number of primary amides is 1. The van der Waals surface area contributed by atoms with Crippen molar-refractivity contribution >= 4 is 28.0 Å². The minimum atomic E-state index is -0.636. The van der Waals surface area contributed by atoms with Crippen molar-refractivity contribution in [3.63, 3.8) is 0 Å². The molecule has 2 aromatic carbocycles. The fourth-order valence-corrected chi connectivity index (χ4v) is 4.99. The Morgan fingerprint density at radius 3 is 2.57 bits per heavy atom. The molecule has 0 aliphatic rings. The molecule has 4 rings (SSSR count). The number of rotatable bonds is 10. The molecule has 2 heterocycles. The van der Waals surface area contributed by atoms with Gasteiger partial charge in [0.2, 0.25) is 11.7 Å². The number of hydrogen-bond acceptors (Lipinski definition) is 5. The first-order chi connectivity index (χ1) is 17.6. The van der Waals surface area contributed by atoms with Gasteiger partial charge < -0.3 is 29.9 Å². The van der Waals surface area contributed by atoms with Gasteiger partial charge in [-0.3, -0.25) is 0 Å². The molecular formula is C28H35N5O4. The summed E-state index contributed by atoms with van der Waals surface area (Å²) >= 11 is 0. The number of hydrogen-bond donors (Lipinski definition) is 1. The number of nitrogens with two attached hydrogens (primary N) is 1. The molecule has 37 heavy (non-hydrogen) atoms. The third-order valence-electron chi connectivity index (χ3n) is 6.41. The molecule has 2 aromatic heterocycles. The van der Waals surface area contributed by atoms with Crippen LogP contribution in [0.3, 0.4) is 0 Å². The van der Waals surface area contributed by atoms with Crippen LogP contribution in [0, 0.1) is 5.21 Å². The van der Waals surface area contributed by atoms with Crippen molar-refractivity contribution in [1.82, 2.24) is 14.5 Å². The third kappa shape index (κ3) is 5.46. The van der Waals surface area contributed by atoms with Crippen LogP contribution in [0.2, 0.25) is 0 Å². The highest BCUT2D eigenvalue weighted by atomic mass is 16.5. The van der Waals surface area contributed by atoms with E-state index in [1.807, 2.05) is 81.7 Å². The van der Waals surface area contributed by atoms with E-state index in [0.29, 0.717) is 42.4 Å². The van der Waals surface area contributed by atoms with Crippen molar-refractivity contribution in [3.8, 4) is 5.75 Å². The average molecular weight is 506 g/mol. The van der Waals surface area contributed by atoms with E-state index in [9.17, 15) is 10.0 Å². The second-order valence-corrected chi connectivity index (χ2v) is 10.0. The van der Waals surface area contributed by atoms with Crippen molar-refractivity contribution in [2.45, 2.75) is 66.0 Å². The van der Waals surface area contributed by atoms with Crippen LogP contribution < -0.4 is 15.2 Å². The lowest BCUT2D eigenvalue weighted by molar-refractivity contribution is -0.575. The lowest BCUT2D eigenvalue weighted by atomic mass is 10.0. The number of fused-ring (bicyclic) bond motifs is 3. The highest BCUT2D eigenvalue weighted by Gasteiger charge is 2.34. The lowest BCUT2D eigenvalue weighted by Crippen LogP contribution is -2.55. The molecule has 0 fully saturated rings. The molecule has 0 bridgehead atoms. The first-order valence-electron chi connectivity index (χ1n) is 12.5. The molecule has 0 aliphatic heterocycles. The Labute approximate surface area is 217 Å². The van der Waals surface area contributed by atoms with Gasteiger partial charge in [-0.25, -0.2) is 9.78 Å². The number of imidazole rings is 1. The Kier molecular flexibility index (Phi) is 7.54. The molecule has 0 aliphatic carbocycles. The van der Waals surface area contributed by atoms with E-state index < -0.39 is 11.6 Å². The van der Waals surface area contributed by atoms with Crippen molar-refractivity contribution in [2.75, 3.05) is 6.61 Å². The Hall–Kier alpha value is -3.85. The fourth-order valence-electron chi connectivity index (χ4n) is 4.99. The van der Waals surface area contributed by atoms with E-state index in [0.717, 1.165) is 21.2 Å². The van der Waals surface area contributed by atoms with Gasteiger partial charge in [-0.15, -0.1) is 0 Å². The van der Waals surface area contributed by atoms with E-state index in [-0.39, 0.29) is 12.6 Å². The topological polar surface area (TPSA) is 110 Å². The molecule has 0 saturated carbocycles. The predicted octanol–water partition coefficient (Wildman–Crippen LogP) is 4.51. The van der Waals surface area contributed by atoms with Crippen molar-refractivity contribution < 1.29 is 19.0 Å². The number of amides is 2. The molecule has 0 unspecified atom stereocenters. The zero-order valence-electron chi connectivity index (χ0n) is 22.1. The molecule has 9 heteroatoms. The Morgan fingerprint density at radius 1 is 1.19 bits per heavy atom. The Bertz CT molecular complexity index is 1400. The summed E-state index contributed by atoms with van der Waals surface area (Å²) in [6.45, 7) is 11.4. The third-order valence-corrected chi connectivity index (χ3v) is 6.41. The Balaban J connectivity index is 1.81. The second-order valence-electron chi connectivity index (χ2n) is 10.0. The number of ether oxygens (including phenoxy) is 2. The number of carbonyl (C=O) groups is 1. The van der Waals surface area contributed by atoms with Gasteiger partial charge in [0, 0.05) is 19.2 Å². The lowest BCUT2D eigenvalue weighted by Gasteiger charge is -2.41. The quantitative estimate of drug-likeness (QED) is 0.252. The van der Waals surface area contributed by atoms with Crippen LogP contribution in [-0.2, 0) is 24.5 Å². The average Bonchev–Trinajstić information content (AvgIpc) is 3.17. The minimum absolute atomic E-state index is 0.0949. The maximum absolute atomic E-state index is 13.0. The number of aromatic nitrogens is 3. The van der Waals surface area contributed by atoms with Crippen LogP contribution in [0.15, 0.2) is 54.7 Å². The molecule has 9 nitrogen and oxygen atoms in total. The van der Waals surface area contributed by atoms with Crippen LogP contribution in [-0.4, -0.2) is 38.7 Å². The summed E-state index contributed by atoms with van der Waals surface area (Å²) in [5.74, 6) is 1.27. The number of benzene rings is 2. The van der Waals surface area contributed by atoms with Crippen molar-refractivity contribution in [2.24, 2.45) is 5.73 Å². The zero-order valence-corrected chi connectivity index (χ0v) is 22.1. The molecule has 0 spiro atoms. The second kappa shape index (κ2) is 10.6. The first-order valence-corrected chi connectivity index (χ1v) is 12.5. The van der Waals surface area contributed by atoms with Gasteiger partial charge in [0.1, 0.15) is 24.8 Å². The molecule has 0 saturated heterocycles. The highest BCUT2D eigenvalue weighted by molar-refractivity contribution is 6.01. The van der Waals surface area contributed by atoms with Gasteiger partial charge in [-0.2, -0.15) is 4.73 Å². The molecular weight excluding hydrogens is 470 g/mol. The SMILES string of the molecule is CCOCc1nc2c[n+]([O-])c3cc(OCc4ccccc4)ccc3c2n1CC(C)(C)N(C(N)=O)C(C)C. The van der Waals surface area contributed by atoms with Crippen LogP contribution in [0.4, 0.5) is 4.79 Å².